The van der Waals surface area contributed by atoms with Crippen LogP contribution in [0.3, 0.4) is 0 Å². The molecule has 0 bridgehead atoms. The van der Waals surface area contributed by atoms with Crippen LogP contribution in [0, 0.1) is 0 Å². The second-order valence-electron chi connectivity index (χ2n) is 7.89. The molecule has 0 aliphatic heterocycles. The molecule has 0 heterocycles. The Morgan fingerprint density at radius 3 is 1.90 bits per heavy atom. The molecule has 0 N–H and O–H groups in total. The van der Waals surface area contributed by atoms with Crippen LogP contribution in [0.2, 0.25) is 0 Å². The molecule has 0 saturated heterocycles. The van der Waals surface area contributed by atoms with E-state index in [1.807, 2.05) is 0 Å². The maximum atomic E-state index is 3.91. The van der Waals surface area contributed by atoms with E-state index in [0.717, 1.165) is 4.47 Å². The Morgan fingerprint density at radius 2 is 1.06 bits per heavy atom. The molecular weight excluding hydrogens is 440 g/mol. The third-order valence-electron chi connectivity index (χ3n) is 6.12. The van der Waals surface area contributed by atoms with Gasteiger partial charge in [-0.2, -0.15) is 0 Å². The van der Waals surface area contributed by atoms with Crippen molar-refractivity contribution in [3.8, 4) is 22.3 Å². The van der Waals surface area contributed by atoms with Crippen LogP contribution in [0.1, 0.15) is 0 Å². The highest BCUT2D eigenvalue weighted by Gasteiger charge is 2.15. The lowest BCUT2D eigenvalue weighted by atomic mass is 9.89. The Hall–Kier alpha value is -3.42. The highest BCUT2D eigenvalue weighted by molar-refractivity contribution is 9.10. The van der Waals surface area contributed by atoms with Gasteiger partial charge in [0.2, 0.25) is 0 Å². The van der Waals surface area contributed by atoms with Gasteiger partial charge in [0.25, 0.3) is 0 Å². The van der Waals surface area contributed by atoms with E-state index in [4.69, 9.17) is 0 Å². The number of hydrogen-bond donors (Lipinski definition) is 0. The first-order valence-electron chi connectivity index (χ1n) is 10.5. The lowest BCUT2D eigenvalue weighted by Gasteiger charge is -2.16. The molecule has 146 valence electrons. The molecule has 0 aromatic heterocycles. The van der Waals surface area contributed by atoms with Crippen molar-refractivity contribution >= 4 is 48.2 Å². The van der Waals surface area contributed by atoms with Gasteiger partial charge >= 0.3 is 0 Å². The summed E-state index contributed by atoms with van der Waals surface area (Å²) in [6.45, 7) is 0. The summed E-state index contributed by atoms with van der Waals surface area (Å²) in [6, 6.07) is 41.4. The fourth-order valence-electron chi connectivity index (χ4n) is 4.69. The maximum Gasteiger partial charge on any atom is 0.0332 e. The topological polar surface area (TPSA) is 0 Å². The smallest absolute Gasteiger partial charge is 0.0332 e. The van der Waals surface area contributed by atoms with Gasteiger partial charge in [0.15, 0.2) is 0 Å². The van der Waals surface area contributed by atoms with E-state index in [9.17, 15) is 0 Å². The molecule has 1 heteroatoms. The molecule has 31 heavy (non-hydrogen) atoms. The molecular formula is C30H19Br. The maximum absolute atomic E-state index is 3.91. The zero-order chi connectivity index (χ0) is 20.8. The summed E-state index contributed by atoms with van der Waals surface area (Å²) in [6.07, 6.45) is 0. The van der Waals surface area contributed by atoms with Crippen LogP contribution in [0.4, 0.5) is 0 Å². The fraction of sp³-hybridized carbons (Fsp3) is 0. The van der Waals surface area contributed by atoms with Gasteiger partial charge < -0.3 is 0 Å². The van der Waals surface area contributed by atoms with Crippen LogP contribution < -0.4 is 0 Å². The second-order valence-corrected chi connectivity index (χ2v) is 8.68. The van der Waals surface area contributed by atoms with Gasteiger partial charge in [0.1, 0.15) is 0 Å². The van der Waals surface area contributed by atoms with Crippen molar-refractivity contribution in [1.29, 1.82) is 0 Å². The van der Waals surface area contributed by atoms with E-state index in [0.29, 0.717) is 0 Å². The van der Waals surface area contributed by atoms with Crippen LogP contribution in [-0.2, 0) is 0 Å². The van der Waals surface area contributed by atoms with Crippen molar-refractivity contribution in [3.63, 3.8) is 0 Å². The van der Waals surface area contributed by atoms with Crippen molar-refractivity contribution < 1.29 is 0 Å². The lowest BCUT2D eigenvalue weighted by molar-refractivity contribution is 1.65. The summed E-state index contributed by atoms with van der Waals surface area (Å²) in [5.41, 5.74) is 5.04. The summed E-state index contributed by atoms with van der Waals surface area (Å²) in [5, 5.41) is 7.56. The average molecular weight is 459 g/mol. The van der Waals surface area contributed by atoms with E-state index in [-0.39, 0.29) is 0 Å². The third kappa shape index (κ3) is 2.97. The molecule has 0 aliphatic carbocycles. The first kappa shape index (κ1) is 18.4. The molecule has 6 aromatic rings. The highest BCUT2D eigenvalue weighted by Crippen LogP contribution is 2.43. The van der Waals surface area contributed by atoms with Crippen molar-refractivity contribution in [2.75, 3.05) is 0 Å². The fourth-order valence-corrected chi connectivity index (χ4v) is 5.38. The molecule has 0 nitrogen and oxygen atoms in total. The van der Waals surface area contributed by atoms with Crippen LogP contribution in [0.5, 0.6) is 0 Å². The van der Waals surface area contributed by atoms with Crippen LogP contribution in [0.15, 0.2) is 120 Å². The number of rotatable bonds is 2. The van der Waals surface area contributed by atoms with Crippen LogP contribution >= 0.6 is 15.9 Å². The predicted octanol–water partition coefficient (Wildman–Crippen LogP) is 9.24. The predicted molar refractivity (Wildman–Crippen MR) is 138 cm³/mol. The number of halogens is 1. The largest absolute Gasteiger partial charge is 0.0622 e. The average Bonchev–Trinajstić information content (AvgIpc) is 2.84. The molecule has 0 atom stereocenters. The summed E-state index contributed by atoms with van der Waals surface area (Å²) < 4.78 is 1.15. The van der Waals surface area contributed by atoms with Gasteiger partial charge in [-0.05, 0) is 76.6 Å². The number of fused-ring (bicyclic) bond motifs is 3. The molecule has 6 rings (SSSR count). The summed E-state index contributed by atoms with van der Waals surface area (Å²) in [7, 11) is 0. The van der Waals surface area contributed by atoms with Crippen LogP contribution in [-0.4, -0.2) is 0 Å². The third-order valence-corrected chi connectivity index (χ3v) is 6.98. The molecule has 0 saturated carbocycles. The van der Waals surface area contributed by atoms with E-state index in [1.165, 1.54) is 54.6 Å². The monoisotopic (exact) mass is 458 g/mol. The normalized spacial score (nSPS) is 11.4. The zero-order valence-electron chi connectivity index (χ0n) is 16.8. The Labute approximate surface area is 189 Å². The Balaban J connectivity index is 1.74. The molecule has 0 fully saturated rings. The molecule has 0 aliphatic rings. The molecule has 0 spiro atoms. The first-order valence-corrected chi connectivity index (χ1v) is 11.3. The highest BCUT2D eigenvalue weighted by atomic mass is 79.9. The summed E-state index contributed by atoms with van der Waals surface area (Å²) in [5.74, 6) is 0. The minimum absolute atomic E-state index is 1.15. The van der Waals surface area contributed by atoms with E-state index < -0.39 is 0 Å². The van der Waals surface area contributed by atoms with Crippen molar-refractivity contribution in [3.05, 3.63) is 120 Å². The molecule has 0 unspecified atom stereocenters. The van der Waals surface area contributed by atoms with E-state index >= 15 is 0 Å². The Bertz CT molecular complexity index is 1570. The van der Waals surface area contributed by atoms with Gasteiger partial charge in [-0.15, -0.1) is 0 Å². The van der Waals surface area contributed by atoms with Gasteiger partial charge in [-0.3, -0.25) is 0 Å². The molecule has 6 aromatic carbocycles. The van der Waals surface area contributed by atoms with Crippen molar-refractivity contribution in [2.24, 2.45) is 0 Å². The quantitative estimate of drug-likeness (QED) is 0.226. The van der Waals surface area contributed by atoms with Gasteiger partial charge in [-0.25, -0.2) is 0 Å². The zero-order valence-corrected chi connectivity index (χ0v) is 18.4. The molecule has 0 amide bonds. The standard InChI is InChI=1S/C30H19Br/c31-30-26-15-7-6-14-25(26)29(21-10-2-1-3-11-21)28-19-22(17-18-27(28)30)24-16-8-12-20-9-4-5-13-23(20)24/h1-19H. The van der Waals surface area contributed by atoms with Crippen LogP contribution in [0.25, 0.3) is 54.6 Å². The van der Waals surface area contributed by atoms with E-state index in [2.05, 4.69) is 131 Å². The lowest BCUT2D eigenvalue weighted by Crippen LogP contribution is -1.89. The Morgan fingerprint density at radius 1 is 0.419 bits per heavy atom. The van der Waals surface area contributed by atoms with Gasteiger partial charge in [-0.1, -0.05) is 109 Å². The minimum atomic E-state index is 1.15. The second kappa shape index (κ2) is 7.37. The van der Waals surface area contributed by atoms with Gasteiger partial charge in [0, 0.05) is 4.47 Å². The Kier molecular flexibility index (Phi) is 4.36. The van der Waals surface area contributed by atoms with Gasteiger partial charge in [0.05, 0.1) is 0 Å². The minimum Gasteiger partial charge on any atom is -0.0622 e. The van der Waals surface area contributed by atoms with Crippen molar-refractivity contribution in [2.45, 2.75) is 0 Å². The molecule has 0 radical (unpaired) electrons. The first-order chi connectivity index (χ1) is 15.3. The summed E-state index contributed by atoms with van der Waals surface area (Å²) >= 11 is 3.91. The SMILES string of the molecule is Brc1c2ccccc2c(-c2ccccc2)c2cc(-c3cccc4ccccc34)ccc12. The summed E-state index contributed by atoms with van der Waals surface area (Å²) in [4.78, 5) is 0. The number of benzene rings is 6. The van der Waals surface area contributed by atoms with E-state index in [1.54, 1.807) is 0 Å². The van der Waals surface area contributed by atoms with Crippen molar-refractivity contribution in [1.82, 2.24) is 0 Å². The number of hydrogen-bond acceptors (Lipinski definition) is 0.